The number of ether oxygens (including phenoxy) is 2. The summed E-state index contributed by atoms with van der Waals surface area (Å²) in [5, 5.41) is 8.66. The number of nitriles is 1. The molecule has 0 saturated heterocycles. The Morgan fingerprint density at radius 2 is 2.29 bits per heavy atom. The fourth-order valence-corrected chi connectivity index (χ4v) is 1.25. The minimum absolute atomic E-state index is 0.263. The fraction of sp³-hybridized carbons (Fsp3) is 0.333. The second-order valence-electron chi connectivity index (χ2n) is 3.39. The van der Waals surface area contributed by atoms with Gasteiger partial charge in [0.25, 0.3) is 0 Å². The van der Waals surface area contributed by atoms with Crippen molar-refractivity contribution in [3.8, 4) is 11.8 Å². The Balaban J connectivity index is 2.42. The van der Waals surface area contributed by atoms with Crippen molar-refractivity contribution in [1.29, 1.82) is 5.26 Å². The molecular weight excluding hydrogens is 220 g/mol. The average molecular weight is 234 g/mol. The molecular formula is C12H14N2O3. The van der Waals surface area contributed by atoms with E-state index in [9.17, 15) is 4.79 Å². The largest absolute Gasteiger partial charge is 0.491 e. The summed E-state index contributed by atoms with van der Waals surface area (Å²) < 4.78 is 9.89. The van der Waals surface area contributed by atoms with Gasteiger partial charge in [0.1, 0.15) is 5.75 Å². The van der Waals surface area contributed by atoms with Gasteiger partial charge in [-0.15, -0.1) is 0 Å². The quantitative estimate of drug-likeness (QED) is 0.473. The van der Waals surface area contributed by atoms with Gasteiger partial charge in [-0.25, -0.2) is 0 Å². The number of hydrogen-bond donors (Lipinski definition) is 1. The molecule has 0 atom stereocenters. The van der Waals surface area contributed by atoms with Gasteiger partial charge in [0.2, 0.25) is 0 Å². The lowest BCUT2D eigenvalue weighted by Gasteiger charge is -2.08. The van der Waals surface area contributed by atoms with Crippen LogP contribution in [0.15, 0.2) is 18.2 Å². The van der Waals surface area contributed by atoms with Gasteiger partial charge in [0.05, 0.1) is 31.0 Å². The van der Waals surface area contributed by atoms with E-state index in [1.807, 2.05) is 6.07 Å². The van der Waals surface area contributed by atoms with Crippen molar-refractivity contribution in [2.24, 2.45) is 0 Å². The molecule has 0 radical (unpaired) electrons. The Hall–Kier alpha value is -2.22. The molecule has 5 heteroatoms. The van der Waals surface area contributed by atoms with E-state index in [1.165, 1.54) is 7.11 Å². The first-order chi connectivity index (χ1) is 8.17. The van der Waals surface area contributed by atoms with Crippen LogP contribution >= 0.6 is 0 Å². The van der Waals surface area contributed by atoms with Crippen molar-refractivity contribution in [3.63, 3.8) is 0 Å². The summed E-state index contributed by atoms with van der Waals surface area (Å²) in [5.74, 6) is 0.260. The average Bonchev–Trinajstić information content (AvgIpc) is 2.35. The third-order valence-corrected chi connectivity index (χ3v) is 2.15. The third kappa shape index (κ3) is 4.03. The smallest absolute Gasteiger partial charge is 0.305 e. The van der Waals surface area contributed by atoms with E-state index in [-0.39, 0.29) is 5.97 Å². The molecule has 0 aliphatic heterocycles. The van der Waals surface area contributed by atoms with Crippen LogP contribution in [0.5, 0.6) is 5.75 Å². The zero-order valence-electron chi connectivity index (χ0n) is 9.60. The van der Waals surface area contributed by atoms with Crippen molar-refractivity contribution >= 4 is 11.7 Å². The Morgan fingerprint density at radius 3 is 2.88 bits per heavy atom. The summed E-state index contributed by atoms with van der Waals surface area (Å²) in [6.07, 6.45) is 0.874. The third-order valence-electron chi connectivity index (χ3n) is 2.15. The van der Waals surface area contributed by atoms with E-state index in [2.05, 4.69) is 4.74 Å². The predicted octanol–water partition coefficient (Wildman–Crippen LogP) is 1.47. The second-order valence-corrected chi connectivity index (χ2v) is 3.39. The second kappa shape index (κ2) is 6.38. The number of anilines is 1. The molecule has 1 rings (SSSR count). The topological polar surface area (TPSA) is 85.3 Å². The van der Waals surface area contributed by atoms with Gasteiger partial charge in [0, 0.05) is 6.42 Å². The van der Waals surface area contributed by atoms with Crippen molar-refractivity contribution in [2.75, 3.05) is 19.5 Å². The number of esters is 1. The molecule has 0 heterocycles. The maximum Gasteiger partial charge on any atom is 0.305 e. The number of carbonyl (C=O) groups excluding carboxylic acids is 1. The number of nitrogens with zero attached hydrogens (tertiary/aromatic N) is 1. The maximum atomic E-state index is 10.8. The van der Waals surface area contributed by atoms with Crippen LogP contribution in [0.4, 0.5) is 5.69 Å². The Morgan fingerprint density at radius 1 is 1.53 bits per heavy atom. The van der Waals surface area contributed by atoms with Gasteiger partial charge in [0.15, 0.2) is 0 Å². The van der Waals surface area contributed by atoms with E-state index >= 15 is 0 Å². The number of nitrogen functional groups attached to an aromatic ring is 1. The molecule has 17 heavy (non-hydrogen) atoms. The molecule has 1 aromatic rings. The van der Waals surface area contributed by atoms with Crippen LogP contribution in [0.2, 0.25) is 0 Å². The summed E-state index contributed by atoms with van der Waals surface area (Å²) >= 11 is 0. The lowest BCUT2D eigenvalue weighted by molar-refractivity contribution is -0.140. The Labute approximate surface area is 99.7 Å². The summed E-state index contributed by atoms with van der Waals surface area (Å²) in [6.45, 7) is 0.380. The highest BCUT2D eigenvalue weighted by Gasteiger charge is 2.03. The maximum absolute atomic E-state index is 10.8. The lowest BCUT2D eigenvalue weighted by Crippen LogP contribution is -2.05. The van der Waals surface area contributed by atoms with Gasteiger partial charge >= 0.3 is 5.97 Å². The minimum atomic E-state index is -0.263. The van der Waals surface area contributed by atoms with Crippen LogP contribution in [-0.2, 0) is 9.53 Å². The monoisotopic (exact) mass is 234 g/mol. The van der Waals surface area contributed by atoms with Gasteiger partial charge in [-0.2, -0.15) is 5.26 Å². The van der Waals surface area contributed by atoms with Gasteiger partial charge in [-0.05, 0) is 24.6 Å². The van der Waals surface area contributed by atoms with Gasteiger partial charge < -0.3 is 15.2 Å². The molecule has 0 amide bonds. The van der Waals surface area contributed by atoms with Crippen molar-refractivity contribution in [2.45, 2.75) is 12.8 Å². The molecule has 0 unspecified atom stereocenters. The van der Waals surface area contributed by atoms with Crippen LogP contribution in [0, 0.1) is 11.3 Å². The lowest BCUT2D eigenvalue weighted by atomic mass is 10.2. The summed E-state index contributed by atoms with van der Waals surface area (Å²) in [6, 6.07) is 6.82. The summed E-state index contributed by atoms with van der Waals surface area (Å²) in [5.41, 5.74) is 6.61. The van der Waals surface area contributed by atoms with E-state index in [4.69, 9.17) is 15.7 Å². The van der Waals surface area contributed by atoms with Gasteiger partial charge in [-0.1, -0.05) is 0 Å². The molecule has 0 aromatic heterocycles. The number of methoxy groups -OCH3 is 1. The molecule has 0 saturated carbocycles. The molecule has 0 bridgehead atoms. The van der Waals surface area contributed by atoms with Gasteiger partial charge in [-0.3, -0.25) is 4.79 Å². The van der Waals surface area contributed by atoms with E-state index in [0.717, 1.165) is 0 Å². The van der Waals surface area contributed by atoms with Crippen molar-refractivity contribution < 1.29 is 14.3 Å². The fourth-order valence-electron chi connectivity index (χ4n) is 1.25. The number of hydrogen-bond acceptors (Lipinski definition) is 5. The SMILES string of the molecule is COC(=O)CCCOc1ccc(C#N)cc1N. The van der Waals surface area contributed by atoms with E-state index < -0.39 is 0 Å². The normalized spacial score (nSPS) is 9.41. The number of nitrogens with two attached hydrogens (primary N) is 1. The number of carbonyl (C=O) groups is 1. The van der Waals surface area contributed by atoms with Crippen LogP contribution in [0.3, 0.4) is 0 Å². The Kier molecular flexibility index (Phi) is 4.82. The van der Waals surface area contributed by atoms with Crippen LogP contribution in [-0.4, -0.2) is 19.7 Å². The molecule has 0 spiro atoms. The van der Waals surface area contributed by atoms with Crippen molar-refractivity contribution in [3.05, 3.63) is 23.8 Å². The van der Waals surface area contributed by atoms with Crippen molar-refractivity contribution in [1.82, 2.24) is 0 Å². The first-order valence-electron chi connectivity index (χ1n) is 5.16. The molecule has 0 aliphatic carbocycles. The molecule has 1 aromatic carbocycles. The summed E-state index contributed by atoms with van der Waals surface area (Å²) in [7, 11) is 1.35. The standard InChI is InChI=1S/C12H14N2O3/c1-16-12(15)3-2-6-17-11-5-4-9(8-13)7-10(11)14/h4-5,7H,2-3,6,14H2,1H3. The minimum Gasteiger partial charge on any atom is -0.491 e. The van der Waals surface area contributed by atoms with Crippen LogP contribution in [0.25, 0.3) is 0 Å². The zero-order valence-corrected chi connectivity index (χ0v) is 9.60. The summed E-state index contributed by atoms with van der Waals surface area (Å²) in [4.78, 5) is 10.8. The number of benzene rings is 1. The first kappa shape index (κ1) is 12.8. The zero-order chi connectivity index (χ0) is 12.7. The first-order valence-corrected chi connectivity index (χ1v) is 5.16. The highest BCUT2D eigenvalue weighted by atomic mass is 16.5. The molecule has 90 valence electrons. The molecule has 0 aliphatic rings. The predicted molar refractivity (Wildman–Crippen MR) is 62.3 cm³/mol. The Bertz CT molecular complexity index is 438. The van der Waals surface area contributed by atoms with E-state index in [0.29, 0.717) is 36.4 Å². The number of rotatable bonds is 5. The molecule has 5 nitrogen and oxygen atoms in total. The van der Waals surface area contributed by atoms with Crippen LogP contribution < -0.4 is 10.5 Å². The highest BCUT2D eigenvalue weighted by molar-refractivity contribution is 5.69. The highest BCUT2D eigenvalue weighted by Crippen LogP contribution is 2.22. The van der Waals surface area contributed by atoms with Crippen LogP contribution in [0.1, 0.15) is 18.4 Å². The molecule has 0 fully saturated rings. The van der Waals surface area contributed by atoms with E-state index in [1.54, 1.807) is 18.2 Å². The molecule has 2 N–H and O–H groups in total.